The Morgan fingerprint density at radius 1 is 0.960 bits per heavy atom. The van der Waals surface area contributed by atoms with Crippen molar-refractivity contribution in [3.63, 3.8) is 0 Å². The second kappa shape index (κ2) is 5.48. The van der Waals surface area contributed by atoms with E-state index in [-0.39, 0.29) is 11.8 Å². The molecule has 0 radical (unpaired) electrons. The Morgan fingerprint density at radius 2 is 1.84 bits per heavy atom. The molecule has 1 amide bonds. The van der Waals surface area contributed by atoms with Crippen LogP contribution in [0.1, 0.15) is 34.9 Å². The predicted molar refractivity (Wildman–Crippen MR) is 97.3 cm³/mol. The Balaban J connectivity index is 1.62. The molecule has 2 aliphatic rings. The molecule has 3 N–H and O–H groups in total. The molecule has 1 unspecified atom stereocenters. The first kappa shape index (κ1) is 14.3. The highest BCUT2D eigenvalue weighted by atomic mass is 16.1. The fraction of sp³-hybridized carbons (Fsp3) is 0.200. The van der Waals surface area contributed by atoms with Crippen LogP contribution in [0.3, 0.4) is 0 Å². The van der Waals surface area contributed by atoms with Crippen LogP contribution in [0, 0.1) is 0 Å². The average Bonchev–Trinajstić information content (AvgIpc) is 3.08. The Morgan fingerprint density at radius 3 is 2.72 bits per heavy atom. The van der Waals surface area contributed by atoms with Crippen molar-refractivity contribution in [1.82, 2.24) is 9.97 Å². The molecule has 5 rings (SSSR count). The molecular weight excluding hydrogens is 312 g/mol. The fourth-order valence-electron chi connectivity index (χ4n) is 3.87. The van der Waals surface area contributed by atoms with Gasteiger partial charge in [0.15, 0.2) is 0 Å². The molecule has 0 fully saturated rings. The highest BCUT2D eigenvalue weighted by Gasteiger charge is 2.29. The van der Waals surface area contributed by atoms with Gasteiger partial charge in [-0.15, -0.1) is 0 Å². The maximum absolute atomic E-state index is 12.2. The fourth-order valence-corrected chi connectivity index (χ4v) is 3.87. The number of rotatable bonds is 1. The van der Waals surface area contributed by atoms with Crippen LogP contribution in [0.25, 0.3) is 0 Å². The van der Waals surface area contributed by atoms with Crippen LogP contribution in [-0.4, -0.2) is 15.9 Å². The summed E-state index contributed by atoms with van der Waals surface area (Å²) in [6.07, 6.45) is 5.96. The lowest BCUT2D eigenvalue weighted by Crippen LogP contribution is -2.24. The number of anilines is 3. The van der Waals surface area contributed by atoms with Crippen molar-refractivity contribution < 1.29 is 4.79 Å². The number of carbonyl (C=O) groups is 1. The van der Waals surface area contributed by atoms with E-state index in [4.69, 9.17) is 0 Å². The quantitative estimate of drug-likeness (QED) is 0.637. The van der Waals surface area contributed by atoms with E-state index in [9.17, 15) is 4.79 Å². The average molecular weight is 330 g/mol. The first-order valence-corrected chi connectivity index (χ1v) is 8.59. The molecule has 5 heteroatoms. The molecule has 1 atom stereocenters. The van der Waals surface area contributed by atoms with Gasteiger partial charge in [0.25, 0.3) is 0 Å². The van der Waals surface area contributed by atoms with Crippen LogP contribution in [-0.2, 0) is 17.6 Å². The van der Waals surface area contributed by atoms with E-state index in [1.165, 1.54) is 11.1 Å². The number of hydrogen-bond acceptors (Lipinski definition) is 3. The van der Waals surface area contributed by atoms with Gasteiger partial charge in [-0.1, -0.05) is 24.3 Å². The summed E-state index contributed by atoms with van der Waals surface area (Å²) in [7, 11) is 0. The van der Waals surface area contributed by atoms with Crippen molar-refractivity contribution in [2.75, 3.05) is 10.6 Å². The van der Waals surface area contributed by atoms with Crippen LogP contribution < -0.4 is 10.6 Å². The van der Waals surface area contributed by atoms with Gasteiger partial charge >= 0.3 is 0 Å². The van der Waals surface area contributed by atoms with Gasteiger partial charge in [-0.3, -0.25) is 4.79 Å². The minimum Gasteiger partial charge on any atom is -0.355 e. The van der Waals surface area contributed by atoms with Crippen LogP contribution in [0.15, 0.2) is 48.8 Å². The number of fused-ring (bicyclic) bond motifs is 3. The van der Waals surface area contributed by atoms with Crippen molar-refractivity contribution in [2.24, 2.45) is 0 Å². The van der Waals surface area contributed by atoms with Crippen molar-refractivity contribution in [2.45, 2.75) is 25.2 Å². The summed E-state index contributed by atoms with van der Waals surface area (Å²) in [6.45, 7) is 0. The lowest BCUT2D eigenvalue weighted by Gasteiger charge is -2.26. The van der Waals surface area contributed by atoms with Gasteiger partial charge in [0.05, 0.1) is 5.92 Å². The number of aromatic amines is 1. The van der Waals surface area contributed by atoms with Crippen molar-refractivity contribution in [1.29, 1.82) is 0 Å². The smallest absolute Gasteiger partial charge is 0.225 e. The van der Waals surface area contributed by atoms with E-state index in [1.54, 1.807) is 6.20 Å². The lowest BCUT2D eigenvalue weighted by molar-refractivity contribution is -0.116. The minimum atomic E-state index is -0.0188. The number of hydrogen-bond donors (Lipinski definition) is 3. The topological polar surface area (TPSA) is 69.8 Å². The Labute approximate surface area is 145 Å². The van der Waals surface area contributed by atoms with Gasteiger partial charge in [0.1, 0.15) is 5.82 Å². The van der Waals surface area contributed by atoms with Crippen LogP contribution in [0.5, 0.6) is 0 Å². The molecule has 0 saturated heterocycles. The summed E-state index contributed by atoms with van der Waals surface area (Å²) in [5, 5.41) is 6.57. The monoisotopic (exact) mass is 330 g/mol. The maximum atomic E-state index is 12.2. The summed E-state index contributed by atoms with van der Waals surface area (Å²) in [4.78, 5) is 19.7. The summed E-state index contributed by atoms with van der Waals surface area (Å²) < 4.78 is 0. The zero-order valence-electron chi connectivity index (χ0n) is 13.7. The SMILES string of the molecule is O=C1CC(c2ncc[nH]2)c2cc3c(cc2N1)Nc1ccccc1CC3. The van der Waals surface area contributed by atoms with Gasteiger partial charge in [-0.2, -0.15) is 0 Å². The summed E-state index contributed by atoms with van der Waals surface area (Å²) >= 11 is 0. The van der Waals surface area contributed by atoms with Gasteiger partial charge in [-0.05, 0) is 41.7 Å². The number of aryl methyl sites for hydroxylation is 2. The van der Waals surface area contributed by atoms with Crippen LogP contribution in [0.4, 0.5) is 17.1 Å². The minimum absolute atomic E-state index is 0.0188. The summed E-state index contributed by atoms with van der Waals surface area (Å²) in [5.74, 6) is 0.860. The molecule has 0 spiro atoms. The number of carbonyl (C=O) groups excluding carboxylic acids is 1. The largest absolute Gasteiger partial charge is 0.355 e. The van der Waals surface area contributed by atoms with E-state index < -0.39 is 0 Å². The van der Waals surface area contributed by atoms with Crippen LogP contribution in [0.2, 0.25) is 0 Å². The number of nitrogens with one attached hydrogen (secondary N) is 3. The highest BCUT2D eigenvalue weighted by Crippen LogP contribution is 2.41. The first-order chi connectivity index (χ1) is 12.3. The lowest BCUT2D eigenvalue weighted by atomic mass is 9.87. The summed E-state index contributed by atoms with van der Waals surface area (Å²) in [6, 6.07) is 12.7. The van der Waals surface area contributed by atoms with Crippen molar-refractivity contribution >= 4 is 23.0 Å². The Hall–Kier alpha value is -3.08. The number of aromatic nitrogens is 2. The second-order valence-electron chi connectivity index (χ2n) is 6.66. The molecule has 0 bridgehead atoms. The highest BCUT2D eigenvalue weighted by molar-refractivity contribution is 5.96. The number of amides is 1. The van der Waals surface area contributed by atoms with E-state index in [2.05, 4.69) is 50.9 Å². The van der Waals surface area contributed by atoms with Gasteiger partial charge < -0.3 is 15.6 Å². The second-order valence-corrected chi connectivity index (χ2v) is 6.66. The van der Waals surface area contributed by atoms with E-state index in [0.29, 0.717) is 6.42 Å². The first-order valence-electron chi connectivity index (χ1n) is 8.59. The number of H-pyrrole nitrogens is 1. The molecule has 25 heavy (non-hydrogen) atoms. The van der Waals surface area contributed by atoms with E-state index in [0.717, 1.165) is 41.3 Å². The predicted octanol–water partition coefficient (Wildman–Crippen LogP) is 3.73. The molecule has 0 saturated carbocycles. The zero-order valence-corrected chi connectivity index (χ0v) is 13.7. The van der Waals surface area contributed by atoms with Crippen LogP contribution >= 0.6 is 0 Å². The number of benzene rings is 2. The molecule has 3 heterocycles. The molecule has 1 aromatic heterocycles. The molecule has 124 valence electrons. The van der Waals surface area contributed by atoms with E-state index in [1.807, 2.05) is 12.3 Å². The van der Waals surface area contributed by atoms with E-state index >= 15 is 0 Å². The third kappa shape index (κ3) is 2.39. The number of para-hydroxylation sites is 1. The molecule has 2 aromatic carbocycles. The molecular formula is C20H18N4O. The number of nitrogens with zero attached hydrogens (tertiary/aromatic N) is 1. The standard InChI is InChI=1S/C20H18N4O/c25-19-10-15(20-21-7-8-22-20)14-9-13-6-5-12-3-1-2-4-16(12)23-17(13)11-18(14)24-19/h1-4,7-9,11,15,23H,5-6,10H2,(H,21,22)(H,24,25). The summed E-state index contributed by atoms with van der Waals surface area (Å²) in [5.41, 5.74) is 6.84. The maximum Gasteiger partial charge on any atom is 0.225 e. The molecule has 5 nitrogen and oxygen atoms in total. The third-order valence-electron chi connectivity index (χ3n) is 5.11. The molecule has 2 aliphatic heterocycles. The molecule has 3 aromatic rings. The van der Waals surface area contributed by atoms with Gasteiger partial charge in [-0.25, -0.2) is 4.98 Å². The Bertz CT molecular complexity index is 962. The zero-order chi connectivity index (χ0) is 16.8. The number of imidazole rings is 1. The molecule has 0 aliphatic carbocycles. The van der Waals surface area contributed by atoms with Crippen molar-refractivity contribution in [3.05, 3.63) is 71.3 Å². The third-order valence-corrected chi connectivity index (χ3v) is 5.11. The van der Waals surface area contributed by atoms with Gasteiger partial charge in [0, 0.05) is 35.9 Å². The normalized spacial score (nSPS) is 18.2. The van der Waals surface area contributed by atoms with Gasteiger partial charge in [0.2, 0.25) is 5.91 Å². The Kier molecular flexibility index (Phi) is 3.13. The van der Waals surface area contributed by atoms with Crippen molar-refractivity contribution in [3.8, 4) is 0 Å².